The molecule has 0 aliphatic carbocycles. The summed E-state index contributed by atoms with van der Waals surface area (Å²) in [6, 6.07) is 11.2. The third-order valence-electron chi connectivity index (χ3n) is 5.64. The number of rotatable bonds is 4. The summed E-state index contributed by atoms with van der Waals surface area (Å²) in [4.78, 5) is 14.9. The van der Waals surface area contributed by atoms with Crippen molar-refractivity contribution in [3.05, 3.63) is 69.7 Å². The van der Waals surface area contributed by atoms with Crippen LogP contribution in [0.25, 0.3) is 11.5 Å². The maximum absolute atomic E-state index is 13.5. The summed E-state index contributed by atoms with van der Waals surface area (Å²) in [6.45, 7) is 2.37. The molecule has 32 heavy (non-hydrogen) atoms. The van der Waals surface area contributed by atoms with Crippen molar-refractivity contribution in [2.45, 2.75) is 18.7 Å². The quantitative estimate of drug-likeness (QED) is 0.584. The molecule has 1 N–H and O–H groups in total. The van der Waals surface area contributed by atoms with E-state index in [0.29, 0.717) is 47.0 Å². The first kappa shape index (κ1) is 21.3. The molecule has 0 bridgehead atoms. The minimum absolute atomic E-state index is 0.0721. The van der Waals surface area contributed by atoms with Crippen LogP contribution >= 0.6 is 23.2 Å². The normalized spacial score (nSPS) is 21.0. The Kier molecular flexibility index (Phi) is 5.86. The predicted octanol–water partition coefficient (Wildman–Crippen LogP) is 3.00. The molecule has 10 heteroatoms. The average molecular weight is 478 g/mol. The Morgan fingerprint density at radius 3 is 2.72 bits per heavy atom. The molecule has 1 unspecified atom stereocenters. The molecule has 1 saturated heterocycles. The Morgan fingerprint density at radius 2 is 2.00 bits per heavy atom. The number of nitrogens with zero attached hydrogens (tertiary/aromatic N) is 3. The van der Waals surface area contributed by atoms with Crippen LogP contribution in [0.15, 0.2) is 47.0 Å². The van der Waals surface area contributed by atoms with E-state index in [9.17, 15) is 9.18 Å². The molecule has 166 valence electrons. The number of amides is 1. The van der Waals surface area contributed by atoms with E-state index < -0.39 is 6.17 Å². The number of fused-ring (bicyclic) bond motifs is 1. The van der Waals surface area contributed by atoms with Gasteiger partial charge in [-0.25, -0.2) is 8.91 Å². The van der Waals surface area contributed by atoms with Gasteiger partial charge in [0, 0.05) is 18.7 Å². The standard InChI is InChI=1S/C22H20Cl2FN4O3/c23-17-6-3-14(9-18(17)24)21-28(12-16-11-26-7-8-31-16)20(30)10-19-27-32-22(29(19)21)13-1-4-15(25)5-2-13/h1-6,9,16,21,26H,7-8,10-12H2/q+1/t16-,21?/m0/s1. The number of nitrogens with one attached hydrogen (secondary N) is 1. The first-order valence-corrected chi connectivity index (χ1v) is 11.0. The fourth-order valence-corrected chi connectivity index (χ4v) is 4.43. The molecule has 0 spiro atoms. The molecule has 2 atom stereocenters. The van der Waals surface area contributed by atoms with Crippen LogP contribution in [0.4, 0.5) is 4.39 Å². The SMILES string of the molecule is O=C1Cc2noc(-c3ccc(F)cc3)[n+]2C(c2ccc(Cl)c(Cl)c2)N1C[C@@H]1CNCCO1. The molecule has 1 aromatic heterocycles. The van der Waals surface area contributed by atoms with E-state index in [2.05, 4.69) is 10.5 Å². The highest BCUT2D eigenvalue weighted by Gasteiger charge is 2.45. The molecule has 2 aliphatic heterocycles. The smallest absolute Gasteiger partial charge is 0.360 e. The molecule has 0 radical (unpaired) electrons. The van der Waals surface area contributed by atoms with Gasteiger partial charge < -0.3 is 10.1 Å². The number of benzene rings is 2. The maximum Gasteiger partial charge on any atom is 0.360 e. The van der Waals surface area contributed by atoms with Crippen LogP contribution in [-0.4, -0.2) is 48.3 Å². The lowest BCUT2D eigenvalue weighted by Crippen LogP contribution is -2.61. The van der Waals surface area contributed by atoms with Crippen LogP contribution in [0.1, 0.15) is 17.6 Å². The summed E-state index contributed by atoms with van der Waals surface area (Å²) >= 11 is 12.5. The number of aromatic nitrogens is 2. The van der Waals surface area contributed by atoms with Gasteiger partial charge in [-0.2, -0.15) is 4.57 Å². The fraction of sp³-hybridized carbons (Fsp3) is 0.318. The lowest BCUT2D eigenvalue weighted by atomic mass is 10.1. The summed E-state index contributed by atoms with van der Waals surface area (Å²) in [6.07, 6.45) is -0.671. The second-order valence-corrected chi connectivity index (χ2v) is 8.56. The summed E-state index contributed by atoms with van der Waals surface area (Å²) in [5, 5.41) is 8.23. The topological polar surface area (TPSA) is 71.5 Å². The van der Waals surface area contributed by atoms with E-state index in [-0.39, 0.29) is 24.2 Å². The average Bonchev–Trinajstić information content (AvgIpc) is 3.21. The number of morpholine rings is 1. The number of hydrogen-bond donors (Lipinski definition) is 1. The first-order chi connectivity index (χ1) is 15.5. The third-order valence-corrected chi connectivity index (χ3v) is 6.38. The van der Waals surface area contributed by atoms with Crippen LogP contribution < -0.4 is 9.88 Å². The monoisotopic (exact) mass is 477 g/mol. The number of carbonyl (C=O) groups excluding carboxylic acids is 1. The summed E-state index contributed by atoms with van der Waals surface area (Å²) in [5.74, 6) is 0.432. The van der Waals surface area contributed by atoms with Crippen LogP contribution in [0, 0.1) is 5.82 Å². The van der Waals surface area contributed by atoms with Gasteiger partial charge >= 0.3 is 11.7 Å². The van der Waals surface area contributed by atoms with Gasteiger partial charge in [0.2, 0.25) is 12.1 Å². The predicted molar refractivity (Wildman–Crippen MR) is 115 cm³/mol. The van der Waals surface area contributed by atoms with Crippen LogP contribution in [0.2, 0.25) is 10.0 Å². The van der Waals surface area contributed by atoms with Gasteiger partial charge in [0.05, 0.1) is 34.9 Å². The van der Waals surface area contributed by atoms with Crippen molar-refractivity contribution in [3.63, 3.8) is 0 Å². The van der Waals surface area contributed by atoms with Gasteiger partial charge in [-0.3, -0.25) is 9.69 Å². The van der Waals surface area contributed by atoms with E-state index in [0.717, 1.165) is 12.1 Å². The molecule has 1 fully saturated rings. The van der Waals surface area contributed by atoms with Crippen molar-refractivity contribution in [2.75, 3.05) is 26.2 Å². The van der Waals surface area contributed by atoms with Gasteiger partial charge in [-0.1, -0.05) is 29.3 Å². The highest BCUT2D eigenvalue weighted by molar-refractivity contribution is 6.42. The molecule has 2 aromatic carbocycles. The van der Waals surface area contributed by atoms with E-state index >= 15 is 0 Å². The Bertz CT molecular complexity index is 1150. The lowest BCUT2D eigenvalue weighted by molar-refractivity contribution is -0.733. The summed E-state index contributed by atoms with van der Waals surface area (Å²) < 4.78 is 26.9. The van der Waals surface area contributed by atoms with Crippen molar-refractivity contribution < 1.29 is 23.0 Å². The van der Waals surface area contributed by atoms with Gasteiger partial charge in [-0.05, 0) is 36.4 Å². The molecular formula is C22H20Cl2FN4O3+. The maximum atomic E-state index is 13.5. The van der Waals surface area contributed by atoms with E-state index in [4.69, 9.17) is 32.5 Å². The zero-order valence-electron chi connectivity index (χ0n) is 16.9. The van der Waals surface area contributed by atoms with E-state index in [1.165, 1.54) is 12.1 Å². The Morgan fingerprint density at radius 1 is 1.19 bits per heavy atom. The molecule has 0 saturated carbocycles. The van der Waals surface area contributed by atoms with Crippen LogP contribution in [0.3, 0.4) is 0 Å². The minimum atomic E-state index is -0.585. The van der Waals surface area contributed by atoms with Gasteiger partial charge in [0.1, 0.15) is 12.2 Å². The van der Waals surface area contributed by atoms with Crippen molar-refractivity contribution in [1.29, 1.82) is 0 Å². The van der Waals surface area contributed by atoms with E-state index in [1.807, 2.05) is 10.6 Å². The number of hydrogen-bond acceptors (Lipinski definition) is 5. The molecule has 7 nitrogen and oxygen atoms in total. The highest BCUT2D eigenvalue weighted by atomic mass is 35.5. The Balaban J connectivity index is 1.63. The largest absolute Gasteiger partial charge is 0.374 e. The fourth-order valence-electron chi connectivity index (χ4n) is 4.13. The molecule has 2 aliphatic rings. The zero-order chi connectivity index (χ0) is 22.2. The van der Waals surface area contributed by atoms with Crippen LogP contribution in [0.5, 0.6) is 0 Å². The zero-order valence-corrected chi connectivity index (χ0v) is 18.4. The van der Waals surface area contributed by atoms with Crippen molar-refractivity contribution >= 4 is 29.1 Å². The number of halogens is 3. The molecule has 5 rings (SSSR count). The third kappa shape index (κ3) is 3.99. The van der Waals surface area contributed by atoms with Crippen molar-refractivity contribution in [3.8, 4) is 11.5 Å². The Hall–Kier alpha value is -2.52. The summed E-state index contributed by atoms with van der Waals surface area (Å²) in [7, 11) is 0. The molecular weight excluding hydrogens is 458 g/mol. The number of ether oxygens (including phenoxy) is 1. The second kappa shape index (κ2) is 8.78. The molecule has 3 heterocycles. The molecule has 1 amide bonds. The molecule has 3 aromatic rings. The summed E-state index contributed by atoms with van der Waals surface area (Å²) in [5.41, 5.74) is 1.38. The van der Waals surface area contributed by atoms with Gasteiger partial charge in [0.15, 0.2) is 5.16 Å². The minimum Gasteiger partial charge on any atom is -0.374 e. The highest BCUT2D eigenvalue weighted by Crippen LogP contribution is 2.32. The first-order valence-electron chi connectivity index (χ1n) is 10.2. The van der Waals surface area contributed by atoms with Gasteiger partial charge in [-0.15, -0.1) is 0 Å². The Labute approximate surface area is 193 Å². The van der Waals surface area contributed by atoms with Crippen molar-refractivity contribution in [1.82, 2.24) is 15.4 Å². The van der Waals surface area contributed by atoms with Crippen LogP contribution in [-0.2, 0) is 16.0 Å². The second-order valence-electron chi connectivity index (χ2n) is 7.75. The lowest BCUT2D eigenvalue weighted by Gasteiger charge is -2.36. The van der Waals surface area contributed by atoms with Crippen molar-refractivity contribution in [2.24, 2.45) is 0 Å². The van der Waals surface area contributed by atoms with E-state index in [1.54, 1.807) is 29.2 Å². The van der Waals surface area contributed by atoms with Gasteiger partial charge in [0.25, 0.3) is 0 Å². The number of carbonyl (C=O) groups is 1.